The number of hydrogen-bond donors (Lipinski definition) is 2. The highest BCUT2D eigenvalue weighted by atomic mass is 32.1. The molecule has 0 atom stereocenters. The van der Waals surface area contributed by atoms with Gasteiger partial charge in [-0.05, 0) is 49.4 Å². The largest absolute Gasteiger partial charge is 0.508 e. The minimum atomic E-state index is 0.261. The van der Waals surface area contributed by atoms with Gasteiger partial charge in [0.05, 0.1) is 13.2 Å². The molecule has 21 heavy (non-hydrogen) atoms. The molecule has 1 aliphatic rings. The van der Waals surface area contributed by atoms with E-state index in [0.717, 1.165) is 51.5 Å². The number of anilines is 1. The van der Waals surface area contributed by atoms with Gasteiger partial charge in [0.1, 0.15) is 5.75 Å². The van der Waals surface area contributed by atoms with E-state index < -0.39 is 0 Å². The monoisotopic (exact) mass is 309 g/mol. The molecule has 0 unspecified atom stereocenters. The Kier molecular flexibility index (Phi) is 6.22. The van der Waals surface area contributed by atoms with E-state index in [4.69, 9.17) is 17.0 Å². The molecule has 0 aliphatic carbocycles. The molecular weight excluding hydrogens is 286 g/mol. The summed E-state index contributed by atoms with van der Waals surface area (Å²) in [5.41, 5.74) is 0.957. The molecule has 1 saturated heterocycles. The molecule has 1 aromatic carbocycles. The van der Waals surface area contributed by atoms with Gasteiger partial charge < -0.3 is 20.1 Å². The smallest absolute Gasteiger partial charge is 0.173 e. The van der Waals surface area contributed by atoms with Crippen molar-refractivity contribution < 1.29 is 9.84 Å². The Hall–Kier alpha value is -1.37. The average molecular weight is 309 g/mol. The lowest BCUT2D eigenvalue weighted by Gasteiger charge is -2.27. The zero-order valence-electron chi connectivity index (χ0n) is 12.4. The number of nitrogens with zero attached hydrogens (tertiary/aromatic N) is 2. The van der Waals surface area contributed by atoms with Gasteiger partial charge in [-0.15, -0.1) is 0 Å². The lowest BCUT2D eigenvalue weighted by molar-refractivity contribution is 0.0376. The molecule has 116 valence electrons. The van der Waals surface area contributed by atoms with E-state index >= 15 is 0 Å². The summed E-state index contributed by atoms with van der Waals surface area (Å²) in [6, 6.07) is 7.01. The molecule has 1 aromatic rings. The van der Waals surface area contributed by atoms with E-state index in [9.17, 15) is 5.11 Å². The van der Waals surface area contributed by atoms with Gasteiger partial charge in [0.2, 0.25) is 0 Å². The van der Waals surface area contributed by atoms with Crippen LogP contribution in [-0.4, -0.2) is 61.6 Å². The molecule has 2 rings (SSSR count). The van der Waals surface area contributed by atoms with Gasteiger partial charge in [-0.3, -0.25) is 4.90 Å². The number of phenols is 1. The van der Waals surface area contributed by atoms with Crippen molar-refractivity contribution in [3.05, 3.63) is 24.3 Å². The van der Waals surface area contributed by atoms with Crippen molar-refractivity contribution in [2.24, 2.45) is 0 Å². The van der Waals surface area contributed by atoms with Crippen LogP contribution in [-0.2, 0) is 4.74 Å². The number of benzene rings is 1. The zero-order chi connectivity index (χ0) is 15.1. The topological polar surface area (TPSA) is 48.0 Å². The Morgan fingerprint density at radius 2 is 2.00 bits per heavy atom. The maximum atomic E-state index is 9.29. The fourth-order valence-corrected chi connectivity index (χ4v) is 2.44. The van der Waals surface area contributed by atoms with Gasteiger partial charge in [-0.25, -0.2) is 0 Å². The molecule has 5 nitrogen and oxygen atoms in total. The Morgan fingerprint density at radius 3 is 2.67 bits per heavy atom. The molecule has 2 N–H and O–H groups in total. The quantitative estimate of drug-likeness (QED) is 0.634. The molecule has 1 heterocycles. The van der Waals surface area contributed by atoms with Crippen molar-refractivity contribution in [3.8, 4) is 5.75 Å². The Balaban J connectivity index is 1.67. The third-order valence-electron chi connectivity index (χ3n) is 3.57. The van der Waals surface area contributed by atoms with Crippen molar-refractivity contribution >= 4 is 23.0 Å². The van der Waals surface area contributed by atoms with Crippen LogP contribution in [0.2, 0.25) is 0 Å². The third-order valence-corrected chi connectivity index (χ3v) is 3.99. The summed E-state index contributed by atoms with van der Waals surface area (Å²) in [5.74, 6) is 0.261. The van der Waals surface area contributed by atoms with Crippen LogP contribution >= 0.6 is 12.2 Å². The normalized spacial score (nSPS) is 15.7. The maximum Gasteiger partial charge on any atom is 0.173 e. The molecule has 0 aromatic heterocycles. The minimum absolute atomic E-state index is 0.261. The first-order chi connectivity index (χ1) is 10.2. The third kappa shape index (κ3) is 5.15. The Bertz CT molecular complexity index is 447. The molecule has 6 heteroatoms. The highest BCUT2D eigenvalue weighted by Gasteiger charge is 2.10. The van der Waals surface area contributed by atoms with Gasteiger partial charge in [0.15, 0.2) is 5.11 Å². The molecule has 1 aliphatic heterocycles. The van der Waals surface area contributed by atoms with Crippen molar-refractivity contribution in [3.63, 3.8) is 0 Å². The summed E-state index contributed by atoms with van der Waals surface area (Å²) in [4.78, 5) is 4.32. The molecule has 0 saturated carbocycles. The van der Waals surface area contributed by atoms with Crippen LogP contribution in [0, 0.1) is 0 Å². The van der Waals surface area contributed by atoms with Crippen LogP contribution in [0.1, 0.15) is 6.42 Å². The first-order valence-corrected chi connectivity index (χ1v) is 7.68. The summed E-state index contributed by atoms with van der Waals surface area (Å²) in [7, 11) is 1.92. The molecule has 0 spiro atoms. The second kappa shape index (κ2) is 8.17. The van der Waals surface area contributed by atoms with Gasteiger partial charge in [0, 0.05) is 32.4 Å². The number of morpholine rings is 1. The number of nitrogens with one attached hydrogen (secondary N) is 1. The van der Waals surface area contributed by atoms with Crippen LogP contribution in [0.4, 0.5) is 5.69 Å². The van der Waals surface area contributed by atoms with E-state index in [1.807, 2.05) is 24.1 Å². The van der Waals surface area contributed by atoms with E-state index in [1.54, 1.807) is 12.1 Å². The Morgan fingerprint density at radius 1 is 1.33 bits per heavy atom. The average Bonchev–Trinajstić information content (AvgIpc) is 2.52. The molecular formula is C15H23N3O2S. The number of thiocarbonyl (C=S) groups is 1. The summed E-state index contributed by atoms with van der Waals surface area (Å²) >= 11 is 5.38. The van der Waals surface area contributed by atoms with Gasteiger partial charge in [-0.2, -0.15) is 0 Å². The SMILES string of the molecule is CN(C(=S)NCCCN1CCOCC1)c1ccc(O)cc1. The molecule has 0 amide bonds. The van der Waals surface area contributed by atoms with Crippen LogP contribution < -0.4 is 10.2 Å². The number of phenolic OH excluding ortho intramolecular Hbond substituents is 1. The molecule has 0 bridgehead atoms. The highest BCUT2D eigenvalue weighted by molar-refractivity contribution is 7.80. The van der Waals surface area contributed by atoms with Crippen LogP contribution in [0.3, 0.4) is 0 Å². The summed E-state index contributed by atoms with van der Waals surface area (Å²) < 4.78 is 5.33. The van der Waals surface area contributed by atoms with Crippen molar-refractivity contribution in [2.75, 3.05) is 51.3 Å². The predicted molar refractivity (Wildman–Crippen MR) is 89.0 cm³/mol. The summed E-state index contributed by atoms with van der Waals surface area (Å²) in [5, 5.41) is 13.3. The predicted octanol–water partition coefficient (Wildman–Crippen LogP) is 1.43. The number of ether oxygens (including phenoxy) is 1. The standard InChI is InChI=1S/C15H23N3O2S/c1-17(13-3-5-14(19)6-4-13)15(21)16-7-2-8-18-9-11-20-12-10-18/h3-6,19H,2,7-12H2,1H3,(H,16,21). The van der Waals surface area contributed by atoms with E-state index in [2.05, 4.69) is 10.2 Å². The van der Waals surface area contributed by atoms with E-state index in [0.29, 0.717) is 5.11 Å². The number of aromatic hydroxyl groups is 1. The molecule has 1 fully saturated rings. The van der Waals surface area contributed by atoms with Crippen LogP contribution in [0.5, 0.6) is 5.75 Å². The second-order valence-corrected chi connectivity index (χ2v) is 5.50. The lowest BCUT2D eigenvalue weighted by Crippen LogP contribution is -2.40. The van der Waals surface area contributed by atoms with Crippen molar-refractivity contribution in [1.82, 2.24) is 10.2 Å². The van der Waals surface area contributed by atoms with Gasteiger partial charge >= 0.3 is 0 Å². The van der Waals surface area contributed by atoms with E-state index in [1.165, 1.54) is 0 Å². The van der Waals surface area contributed by atoms with Gasteiger partial charge in [-0.1, -0.05) is 0 Å². The van der Waals surface area contributed by atoms with Crippen molar-refractivity contribution in [1.29, 1.82) is 0 Å². The lowest BCUT2D eigenvalue weighted by atomic mass is 10.3. The van der Waals surface area contributed by atoms with Crippen LogP contribution in [0.25, 0.3) is 0 Å². The fourth-order valence-electron chi connectivity index (χ4n) is 2.23. The second-order valence-electron chi connectivity index (χ2n) is 5.11. The fraction of sp³-hybridized carbons (Fsp3) is 0.533. The first-order valence-electron chi connectivity index (χ1n) is 7.27. The summed E-state index contributed by atoms with van der Waals surface area (Å²) in [6.45, 7) is 5.67. The Labute approximate surface area is 131 Å². The minimum Gasteiger partial charge on any atom is -0.508 e. The van der Waals surface area contributed by atoms with Crippen molar-refractivity contribution in [2.45, 2.75) is 6.42 Å². The number of hydrogen-bond acceptors (Lipinski definition) is 4. The maximum absolute atomic E-state index is 9.29. The highest BCUT2D eigenvalue weighted by Crippen LogP contribution is 2.17. The molecule has 0 radical (unpaired) electrons. The zero-order valence-corrected chi connectivity index (χ0v) is 13.2. The number of rotatable bonds is 5. The van der Waals surface area contributed by atoms with Crippen LogP contribution in [0.15, 0.2) is 24.3 Å². The first kappa shape index (κ1) is 16.0. The summed E-state index contributed by atoms with van der Waals surface area (Å²) in [6.07, 6.45) is 1.06. The van der Waals surface area contributed by atoms with Gasteiger partial charge in [0.25, 0.3) is 0 Å². The van der Waals surface area contributed by atoms with E-state index in [-0.39, 0.29) is 5.75 Å².